The maximum absolute atomic E-state index is 11.9. The first kappa shape index (κ1) is 12.8. The van der Waals surface area contributed by atoms with Gasteiger partial charge in [-0.15, -0.1) is 0 Å². The third-order valence-electron chi connectivity index (χ3n) is 2.63. The normalized spacial score (nSPS) is 10.2. The van der Waals surface area contributed by atoms with Crippen LogP contribution in [0.3, 0.4) is 0 Å². The van der Waals surface area contributed by atoms with Crippen molar-refractivity contribution in [2.24, 2.45) is 0 Å². The molecule has 0 bridgehead atoms. The molecule has 0 spiro atoms. The number of anilines is 2. The smallest absolute Gasteiger partial charge is 0.347 e. The molecule has 0 aliphatic carbocycles. The van der Waals surface area contributed by atoms with Gasteiger partial charge in [-0.05, 0) is 30.7 Å². The molecular formula is C13H14N4O2. The highest BCUT2D eigenvalue weighted by molar-refractivity contribution is 5.91. The number of carbonyl (C=O) groups excluding carboxylic acids is 1. The quantitative estimate of drug-likeness (QED) is 0.796. The molecule has 0 saturated heterocycles. The van der Waals surface area contributed by atoms with Crippen LogP contribution >= 0.6 is 0 Å². The summed E-state index contributed by atoms with van der Waals surface area (Å²) in [4.78, 5) is 26.8. The summed E-state index contributed by atoms with van der Waals surface area (Å²) in [5.74, 6) is -0.302. The molecule has 0 aliphatic rings. The molecule has 19 heavy (non-hydrogen) atoms. The number of nitrogens with zero attached hydrogens (tertiary/aromatic N) is 2. The van der Waals surface area contributed by atoms with Crippen molar-refractivity contribution < 1.29 is 4.79 Å². The zero-order valence-corrected chi connectivity index (χ0v) is 10.5. The van der Waals surface area contributed by atoms with Gasteiger partial charge in [0.05, 0.1) is 0 Å². The van der Waals surface area contributed by atoms with E-state index in [2.05, 4.69) is 10.3 Å². The minimum absolute atomic E-state index is 0.0824. The number of aryl methyl sites for hydroxylation is 1. The Labute approximate surface area is 109 Å². The molecule has 0 atom stereocenters. The Balaban J connectivity index is 2.12. The van der Waals surface area contributed by atoms with Crippen LogP contribution in [0, 0.1) is 6.92 Å². The molecule has 1 amide bonds. The molecule has 2 rings (SSSR count). The van der Waals surface area contributed by atoms with Crippen LogP contribution in [-0.2, 0) is 11.3 Å². The largest absolute Gasteiger partial charge is 0.399 e. The van der Waals surface area contributed by atoms with E-state index in [9.17, 15) is 9.59 Å². The predicted octanol–water partition coefficient (Wildman–Crippen LogP) is 0.773. The van der Waals surface area contributed by atoms with Crippen LogP contribution in [0.5, 0.6) is 0 Å². The summed E-state index contributed by atoms with van der Waals surface area (Å²) >= 11 is 0. The molecule has 3 N–H and O–H groups in total. The van der Waals surface area contributed by atoms with E-state index in [1.165, 1.54) is 17.0 Å². The number of aromatic nitrogens is 2. The van der Waals surface area contributed by atoms with Crippen molar-refractivity contribution in [2.75, 3.05) is 11.1 Å². The lowest BCUT2D eigenvalue weighted by Crippen LogP contribution is -2.28. The summed E-state index contributed by atoms with van der Waals surface area (Å²) < 4.78 is 1.23. The Morgan fingerprint density at radius 1 is 1.47 bits per heavy atom. The van der Waals surface area contributed by atoms with E-state index < -0.39 is 5.69 Å². The van der Waals surface area contributed by atoms with Crippen LogP contribution in [0.4, 0.5) is 11.4 Å². The summed E-state index contributed by atoms with van der Waals surface area (Å²) in [6.45, 7) is 1.78. The molecule has 0 unspecified atom stereocenters. The van der Waals surface area contributed by atoms with Crippen molar-refractivity contribution in [3.05, 3.63) is 52.7 Å². The number of hydrogen-bond donors (Lipinski definition) is 2. The van der Waals surface area contributed by atoms with Gasteiger partial charge in [-0.1, -0.05) is 6.07 Å². The van der Waals surface area contributed by atoms with Crippen LogP contribution in [0.25, 0.3) is 0 Å². The lowest BCUT2D eigenvalue weighted by Gasteiger charge is -2.09. The van der Waals surface area contributed by atoms with E-state index in [-0.39, 0.29) is 12.5 Å². The molecule has 1 aromatic heterocycles. The lowest BCUT2D eigenvalue weighted by atomic mass is 10.2. The molecule has 0 fully saturated rings. The lowest BCUT2D eigenvalue weighted by molar-refractivity contribution is -0.116. The molecule has 6 nitrogen and oxygen atoms in total. The molecule has 0 radical (unpaired) electrons. The van der Waals surface area contributed by atoms with Gasteiger partial charge in [-0.3, -0.25) is 9.36 Å². The van der Waals surface area contributed by atoms with Gasteiger partial charge in [0.15, 0.2) is 0 Å². The maximum Gasteiger partial charge on any atom is 0.347 e. The number of carbonyl (C=O) groups is 1. The van der Waals surface area contributed by atoms with Gasteiger partial charge >= 0.3 is 5.69 Å². The first-order chi connectivity index (χ1) is 9.06. The van der Waals surface area contributed by atoms with Gasteiger partial charge in [0.25, 0.3) is 0 Å². The summed E-state index contributed by atoms with van der Waals surface area (Å²) in [7, 11) is 0. The number of rotatable bonds is 3. The van der Waals surface area contributed by atoms with Gasteiger partial charge < -0.3 is 11.1 Å². The van der Waals surface area contributed by atoms with Crippen LogP contribution in [-0.4, -0.2) is 15.5 Å². The third-order valence-corrected chi connectivity index (χ3v) is 2.63. The van der Waals surface area contributed by atoms with Gasteiger partial charge in [0, 0.05) is 23.8 Å². The molecule has 1 aromatic carbocycles. The number of nitrogens with one attached hydrogen (secondary N) is 1. The van der Waals surface area contributed by atoms with E-state index >= 15 is 0 Å². The van der Waals surface area contributed by atoms with Crippen molar-refractivity contribution in [1.82, 2.24) is 9.55 Å². The second-order valence-electron chi connectivity index (χ2n) is 4.15. The third kappa shape index (κ3) is 3.19. The van der Waals surface area contributed by atoms with Crippen LogP contribution in [0.1, 0.15) is 5.56 Å². The van der Waals surface area contributed by atoms with E-state index in [1.807, 2.05) is 13.0 Å². The number of nitrogen functional groups attached to an aromatic ring is 1. The molecular weight excluding hydrogens is 244 g/mol. The van der Waals surface area contributed by atoms with Crippen LogP contribution in [0.2, 0.25) is 0 Å². The second-order valence-corrected chi connectivity index (χ2v) is 4.15. The fourth-order valence-electron chi connectivity index (χ4n) is 1.63. The second kappa shape index (κ2) is 5.34. The van der Waals surface area contributed by atoms with Gasteiger partial charge in [-0.25, -0.2) is 9.78 Å². The number of hydrogen-bond acceptors (Lipinski definition) is 4. The van der Waals surface area contributed by atoms with Crippen molar-refractivity contribution in [3.63, 3.8) is 0 Å². The van der Waals surface area contributed by atoms with E-state index in [4.69, 9.17) is 5.73 Å². The fourth-order valence-corrected chi connectivity index (χ4v) is 1.63. The van der Waals surface area contributed by atoms with Crippen molar-refractivity contribution in [3.8, 4) is 0 Å². The monoisotopic (exact) mass is 258 g/mol. The van der Waals surface area contributed by atoms with E-state index in [0.717, 1.165) is 5.56 Å². The number of amides is 1. The first-order valence-electron chi connectivity index (χ1n) is 5.74. The summed E-state index contributed by atoms with van der Waals surface area (Å²) in [5.41, 5.74) is 7.32. The molecule has 0 aliphatic heterocycles. The van der Waals surface area contributed by atoms with E-state index in [0.29, 0.717) is 11.4 Å². The average molecular weight is 258 g/mol. The summed E-state index contributed by atoms with van der Waals surface area (Å²) in [5, 5.41) is 2.72. The molecule has 98 valence electrons. The first-order valence-corrected chi connectivity index (χ1v) is 5.74. The van der Waals surface area contributed by atoms with Gasteiger partial charge in [0.2, 0.25) is 5.91 Å². The highest BCUT2D eigenvalue weighted by Crippen LogP contribution is 2.17. The van der Waals surface area contributed by atoms with Gasteiger partial charge in [0.1, 0.15) is 6.54 Å². The standard InChI is InChI=1S/C13H14N4O2/c1-9-3-4-10(14)7-11(9)16-12(18)8-17-6-2-5-15-13(17)19/h2-7H,8,14H2,1H3,(H,16,18). The Morgan fingerprint density at radius 3 is 3.00 bits per heavy atom. The predicted molar refractivity (Wildman–Crippen MR) is 72.7 cm³/mol. The average Bonchev–Trinajstić information content (AvgIpc) is 2.37. The minimum atomic E-state index is -0.457. The van der Waals surface area contributed by atoms with Gasteiger partial charge in [-0.2, -0.15) is 0 Å². The Kier molecular flexibility index (Phi) is 3.61. The highest BCUT2D eigenvalue weighted by Gasteiger charge is 2.07. The summed E-state index contributed by atoms with van der Waals surface area (Å²) in [6, 6.07) is 6.86. The zero-order valence-electron chi connectivity index (χ0n) is 10.5. The van der Waals surface area contributed by atoms with Crippen LogP contribution < -0.4 is 16.7 Å². The maximum atomic E-state index is 11.9. The van der Waals surface area contributed by atoms with Crippen molar-refractivity contribution in [2.45, 2.75) is 13.5 Å². The molecule has 6 heteroatoms. The fraction of sp³-hybridized carbons (Fsp3) is 0.154. The number of nitrogens with two attached hydrogens (primary N) is 1. The molecule has 0 saturated carbocycles. The van der Waals surface area contributed by atoms with Crippen molar-refractivity contribution in [1.29, 1.82) is 0 Å². The Bertz CT molecular complexity index is 664. The SMILES string of the molecule is Cc1ccc(N)cc1NC(=O)Cn1cccnc1=O. The van der Waals surface area contributed by atoms with E-state index in [1.54, 1.807) is 18.2 Å². The Hall–Kier alpha value is -2.63. The minimum Gasteiger partial charge on any atom is -0.399 e. The Morgan fingerprint density at radius 2 is 2.26 bits per heavy atom. The highest BCUT2D eigenvalue weighted by atomic mass is 16.2. The molecule has 1 heterocycles. The topological polar surface area (TPSA) is 90.0 Å². The molecule has 2 aromatic rings. The van der Waals surface area contributed by atoms with Crippen LogP contribution in [0.15, 0.2) is 41.5 Å². The van der Waals surface area contributed by atoms with Crippen molar-refractivity contribution >= 4 is 17.3 Å². The summed E-state index contributed by atoms with van der Waals surface area (Å²) in [6.07, 6.45) is 2.90. The zero-order chi connectivity index (χ0) is 13.8. The number of benzene rings is 1.